The van der Waals surface area contributed by atoms with Crippen LogP contribution in [0.2, 0.25) is 0 Å². The van der Waals surface area contributed by atoms with Gasteiger partial charge in [0.15, 0.2) is 11.0 Å². The lowest BCUT2D eigenvalue weighted by Gasteiger charge is -2.09. The Hall–Kier alpha value is -2.79. The first-order valence-corrected chi connectivity index (χ1v) is 9.66. The number of benzene rings is 2. The molecular formula is C21H20N4S. The Morgan fingerprint density at radius 1 is 0.962 bits per heavy atom. The largest absolute Gasteiger partial charge is 0.316 e. The first kappa shape index (κ1) is 16.7. The van der Waals surface area contributed by atoms with Crippen molar-refractivity contribution in [3.8, 4) is 11.4 Å². The third-order valence-electron chi connectivity index (χ3n) is 4.16. The van der Waals surface area contributed by atoms with Crippen LogP contribution in [0, 0.1) is 5.92 Å². The summed E-state index contributed by atoms with van der Waals surface area (Å²) < 4.78 is 0. The van der Waals surface area contributed by atoms with E-state index in [1.54, 1.807) is 17.5 Å². The van der Waals surface area contributed by atoms with Gasteiger partial charge in [0.05, 0.1) is 5.52 Å². The normalized spacial score (nSPS) is 13.1. The van der Waals surface area contributed by atoms with Gasteiger partial charge in [-0.2, -0.15) is 0 Å². The van der Waals surface area contributed by atoms with Crippen molar-refractivity contribution in [3.63, 3.8) is 0 Å². The number of nitrogens with one attached hydrogen (secondary N) is 1. The van der Waals surface area contributed by atoms with Gasteiger partial charge in [-0.1, -0.05) is 62.2 Å². The van der Waals surface area contributed by atoms with Crippen molar-refractivity contribution in [2.75, 3.05) is 5.32 Å². The summed E-state index contributed by atoms with van der Waals surface area (Å²) in [5, 5.41) is 7.03. The Morgan fingerprint density at radius 3 is 2.38 bits per heavy atom. The van der Waals surface area contributed by atoms with Crippen LogP contribution in [0.3, 0.4) is 0 Å². The minimum atomic E-state index is 0.707. The Labute approximate surface area is 157 Å². The van der Waals surface area contributed by atoms with E-state index in [4.69, 9.17) is 4.98 Å². The second kappa shape index (κ2) is 7.62. The smallest absolute Gasteiger partial charge is 0.188 e. The molecular weight excluding hydrogens is 340 g/mol. The average molecular weight is 360 g/mol. The molecule has 1 aliphatic carbocycles. The maximum absolute atomic E-state index is 4.69. The van der Waals surface area contributed by atoms with Crippen molar-refractivity contribution < 1.29 is 0 Å². The van der Waals surface area contributed by atoms with Gasteiger partial charge in [0.1, 0.15) is 5.82 Å². The fourth-order valence-electron chi connectivity index (χ4n) is 2.44. The predicted octanol–water partition coefficient (Wildman–Crippen LogP) is 5.91. The van der Waals surface area contributed by atoms with E-state index < -0.39 is 0 Å². The molecule has 0 spiro atoms. The number of thiazole rings is 1. The van der Waals surface area contributed by atoms with E-state index in [0.717, 1.165) is 33.3 Å². The minimum Gasteiger partial charge on any atom is -0.316 e. The van der Waals surface area contributed by atoms with E-state index in [9.17, 15) is 0 Å². The van der Waals surface area contributed by atoms with Crippen LogP contribution in [0.1, 0.15) is 19.8 Å². The fraction of sp³-hybridized carbons (Fsp3) is 0.190. The molecule has 26 heavy (non-hydrogen) atoms. The number of nitrogens with zero attached hydrogens (tertiary/aromatic N) is 3. The summed E-state index contributed by atoms with van der Waals surface area (Å²) >= 11 is 1.55. The lowest BCUT2D eigenvalue weighted by atomic mass is 10.2. The van der Waals surface area contributed by atoms with Crippen LogP contribution in [-0.4, -0.2) is 15.0 Å². The number of hydrogen-bond acceptors (Lipinski definition) is 5. The van der Waals surface area contributed by atoms with E-state index in [1.165, 1.54) is 12.8 Å². The summed E-state index contributed by atoms with van der Waals surface area (Å²) in [5.74, 6) is 2.57. The number of fused-ring (bicyclic) bond motifs is 1. The molecule has 0 unspecified atom stereocenters. The van der Waals surface area contributed by atoms with Crippen LogP contribution in [0.25, 0.3) is 22.3 Å². The van der Waals surface area contributed by atoms with Gasteiger partial charge in [0, 0.05) is 22.5 Å². The molecule has 0 bridgehead atoms. The van der Waals surface area contributed by atoms with Crippen molar-refractivity contribution in [1.82, 2.24) is 15.0 Å². The van der Waals surface area contributed by atoms with E-state index in [2.05, 4.69) is 22.2 Å². The number of rotatable bonds is 3. The molecule has 1 fully saturated rings. The van der Waals surface area contributed by atoms with Gasteiger partial charge < -0.3 is 5.32 Å². The molecule has 0 aliphatic heterocycles. The Balaban J connectivity index is 0.000000373. The third kappa shape index (κ3) is 4.06. The molecule has 2 heterocycles. The molecule has 0 amide bonds. The molecule has 130 valence electrons. The highest BCUT2D eigenvalue weighted by Crippen LogP contribution is 2.28. The molecule has 0 saturated heterocycles. The zero-order chi connectivity index (χ0) is 17.8. The molecule has 1 saturated carbocycles. The maximum Gasteiger partial charge on any atom is 0.188 e. The molecule has 2 aromatic carbocycles. The standard InChI is InChI=1S/C17H12N4S.C4H8/c1-2-6-12(7-3-1)15-19-14-9-5-4-8-13(14)16(20-15)21-17-18-10-11-22-17;1-4-2-3-4/h1-11H,(H,18,19,20,21);4H,2-3H2,1H3. The molecule has 2 aromatic heterocycles. The molecule has 0 radical (unpaired) electrons. The molecule has 5 rings (SSSR count). The highest BCUT2D eigenvalue weighted by Gasteiger charge is 2.12. The summed E-state index contributed by atoms with van der Waals surface area (Å²) in [4.78, 5) is 13.6. The van der Waals surface area contributed by atoms with Crippen molar-refractivity contribution in [1.29, 1.82) is 0 Å². The van der Waals surface area contributed by atoms with Gasteiger partial charge >= 0.3 is 0 Å². The third-order valence-corrected chi connectivity index (χ3v) is 4.85. The number of anilines is 2. The summed E-state index contributed by atoms with van der Waals surface area (Å²) in [7, 11) is 0. The summed E-state index contributed by atoms with van der Waals surface area (Å²) in [6, 6.07) is 18.0. The topological polar surface area (TPSA) is 50.7 Å². The first-order valence-electron chi connectivity index (χ1n) is 8.78. The molecule has 0 atom stereocenters. The zero-order valence-corrected chi connectivity index (χ0v) is 15.4. The van der Waals surface area contributed by atoms with Crippen LogP contribution in [0.4, 0.5) is 10.9 Å². The highest BCUT2D eigenvalue weighted by molar-refractivity contribution is 7.13. The van der Waals surface area contributed by atoms with Crippen molar-refractivity contribution in [2.45, 2.75) is 19.8 Å². The predicted molar refractivity (Wildman–Crippen MR) is 109 cm³/mol. The Kier molecular flexibility index (Phi) is 4.88. The lowest BCUT2D eigenvalue weighted by Crippen LogP contribution is -1.98. The van der Waals surface area contributed by atoms with Gasteiger partial charge in [-0.3, -0.25) is 0 Å². The minimum absolute atomic E-state index is 0.707. The zero-order valence-electron chi connectivity index (χ0n) is 14.6. The Bertz CT molecular complexity index is 980. The number of hydrogen-bond donors (Lipinski definition) is 1. The quantitative estimate of drug-likeness (QED) is 0.493. The summed E-state index contributed by atoms with van der Waals surface area (Å²) in [6.07, 6.45) is 4.74. The Morgan fingerprint density at radius 2 is 1.69 bits per heavy atom. The SMILES string of the molecule is CC1CC1.c1ccc(-c2nc(Nc3nccs3)c3ccccc3n2)cc1. The van der Waals surface area contributed by atoms with Crippen LogP contribution in [0.15, 0.2) is 66.2 Å². The van der Waals surface area contributed by atoms with Crippen LogP contribution in [-0.2, 0) is 0 Å². The second-order valence-electron chi connectivity index (χ2n) is 6.42. The molecule has 1 aliphatic rings. The lowest BCUT2D eigenvalue weighted by molar-refractivity contribution is 0.983. The maximum atomic E-state index is 4.69. The van der Waals surface area contributed by atoms with Gasteiger partial charge in [-0.15, -0.1) is 11.3 Å². The monoisotopic (exact) mass is 360 g/mol. The number of para-hydroxylation sites is 1. The molecule has 4 aromatic rings. The van der Waals surface area contributed by atoms with Crippen LogP contribution >= 0.6 is 11.3 Å². The highest BCUT2D eigenvalue weighted by atomic mass is 32.1. The van der Waals surface area contributed by atoms with E-state index in [0.29, 0.717) is 5.82 Å². The molecule has 1 N–H and O–H groups in total. The van der Waals surface area contributed by atoms with Crippen molar-refractivity contribution >= 4 is 33.2 Å². The van der Waals surface area contributed by atoms with E-state index in [-0.39, 0.29) is 0 Å². The van der Waals surface area contributed by atoms with E-state index in [1.807, 2.05) is 60.0 Å². The van der Waals surface area contributed by atoms with Crippen molar-refractivity contribution in [3.05, 3.63) is 66.2 Å². The van der Waals surface area contributed by atoms with Crippen LogP contribution < -0.4 is 5.32 Å². The fourth-order valence-corrected chi connectivity index (χ4v) is 2.97. The van der Waals surface area contributed by atoms with Crippen LogP contribution in [0.5, 0.6) is 0 Å². The first-order chi connectivity index (χ1) is 12.8. The molecule has 5 heteroatoms. The second-order valence-corrected chi connectivity index (χ2v) is 7.32. The summed E-state index contributed by atoms with van der Waals surface area (Å²) in [6.45, 7) is 2.28. The van der Waals surface area contributed by atoms with Gasteiger partial charge in [0.25, 0.3) is 0 Å². The van der Waals surface area contributed by atoms with Gasteiger partial charge in [-0.05, 0) is 18.1 Å². The summed E-state index contributed by atoms with van der Waals surface area (Å²) in [5.41, 5.74) is 1.91. The molecule has 4 nitrogen and oxygen atoms in total. The van der Waals surface area contributed by atoms with Gasteiger partial charge in [-0.25, -0.2) is 15.0 Å². The van der Waals surface area contributed by atoms with E-state index >= 15 is 0 Å². The van der Waals surface area contributed by atoms with Crippen molar-refractivity contribution in [2.24, 2.45) is 5.92 Å². The average Bonchev–Trinajstić information content (AvgIpc) is 3.30. The van der Waals surface area contributed by atoms with Gasteiger partial charge in [0.2, 0.25) is 0 Å². The number of aromatic nitrogens is 3.